The molecule has 0 spiro atoms. The minimum Gasteiger partial charge on any atom is -0.304 e. The zero-order valence-electron chi connectivity index (χ0n) is 12.1. The Bertz CT molecular complexity index is 568. The molecule has 1 aromatic carbocycles. The van der Waals surface area contributed by atoms with E-state index in [0.717, 1.165) is 19.5 Å². The van der Waals surface area contributed by atoms with E-state index in [1.807, 2.05) is 11.5 Å². The first-order chi connectivity index (χ1) is 10.2. The number of nitrogen functional groups attached to an aromatic ring is 1. The summed E-state index contributed by atoms with van der Waals surface area (Å²) in [7, 11) is 2.06. The third kappa shape index (κ3) is 4.66. The molecule has 1 amide bonds. The van der Waals surface area contributed by atoms with Gasteiger partial charge in [-0.25, -0.2) is 5.84 Å². The van der Waals surface area contributed by atoms with Crippen LogP contribution in [0, 0.1) is 0 Å². The standard InChI is InChI=1S/C14H20N6O/c1-19(8-7-12-5-3-2-4-6-12)9-10-20-11-13(17-18-20)14(21)16-15/h2-6,11H,7-10,15H2,1H3,(H,16,21). The second-order valence-electron chi connectivity index (χ2n) is 4.88. The van der Waals surface area contributed by atoms with E-state index in [2.05, 4.69) is 46.5 Å². The number of hydrogen-bond donors (Lipinski definition) is 2. The quantitative estimate of drug-likeness (QED) is 0.427. The highest BCUT2D eigenvalue weighted by Crippen LogP contribution is 2.01. The second-order valence-corrected chi connectivity index (χ2v) is 4.88. The Balaban J connectivity index is 1.75. The Morgan fingerprint density at radius 1 is 1.33 bits per heavy atom. The van der Waals surface area contributed by atoms with Gasteiger partial charge < -0.3 is 4.90 Å². The van der Waals surface area contributed by atoms with E-state index < -0.39 is 5.91 Å². The van der Waals surface area contributed by atoms with E-state index in [9.17, 15) is 4.79 Å². The van der Waals surface area contributed by atoms with Gasteiger partial charge in [0.15, 0.2) is 5.69 Å². The van der Waals surface area contributed by atoms with Crippen molar-refractivity contribution in [3.63, 3.8) is 0 Å². The minimum absolute atomic E-state index is 0.226. The number of nitrogens with one attached hydrogen (secondary N) is 1. The van der Waals surface area contributed by atoms with Crippen LogP contribution in [-0.2, 0) is 13.0 Å². The Labute approximate surface area is 123 Å². The molecule has 0 saturated carbocycles. The highest BCUT2D eigenvalue weighted by atomic mass is 16.2. The molecule has 0 aliphatic heterocycles. The van der Waals surface area contributed by atoms with Crippen molar-refractivity contribution in [3.8, 4) is 0 Å². The Morgan fingerprint density at radius 2 is 2.10 bits per heavy atom. The monoisotopic (exact) mass is 288 g/mol. The number of nitrogens with two attached hydrogens (primary N) is 1. The highest BCUT2D eigenvalue weighted by Gasteiger charge is 2.09. The fourth-order valence-corrected chi connectivity index (χ4v) is 1.94. The summed E-state index contributed by atoms with van der Waals surface area (Å²) in [4.78, 5) is 13.5. The van der Waals surface area contributed by atoms with Crippen LogP contribution in [0.4, 0.5) is 0 Å². The summed E-state index contributed by atoms with van der Waals surface area (Å²) in [6.07, 6.45) is 2.60. The molecule has 0 aliphatic rings. The first-order valence-corrected chi connectivity index (χ1v) is 6.82. The normalized spacial score (nSPS) is 10.8. The Morgan fingerprint density at radius 3 is 2.81 bits per heavy atom. The molecule has 0 bridgehead atoms. The van der Waals surface area contributed by atoms with E-state index in [0.29, 0.717) is 6.54 Å². The molecule has 0 atom stereocenters. The van der Waals surface area contributed by atoms with Crippen LogP contribution in [0.1, 0.15) is 16.1 Å². The maximum absolute atomic E-state index is 11.3. The molecule has 112 valence electrons. The molecule has 7 heteroatoms. The van der Waals surface area contributed by atoms with Gasteiger partial charge in [-0.3, -0.25) is 14.9 Å². The van der Waals surface area contributed by atoms with Crippen molar-refractivity contribution in [3.05, 3.63) is 47.8 Å². The van der Waals surface area contributed by atoms with Gasteiger partial charge in [-0.15, -0.1) is 5.10 Å². The zero-order chi connectivity index (χ0) is 15.1. The van der Waals surface area contributed by atoms with Crippen molar-refractivity contribution >= 4 is 5.91 Å². The fourth-order valence-electron chi connectivity index (χ4n) is 1.94. The molecule has 0 fully saturated rings. The van der Waals surface area contributed by atoms with E-state index in [4.69, 9.17) is 5.84 Å². The lowest BCUT2D eigenvalue weighted by molar-refractivity contribution is 0.0948. The molecular formula is C14H20N6O. The van der Waals surface area contributed by atoms with Crippen LogP contribution >= 0.6 is 0 Å². The zero-order valence-corrected chi connectivity index (χ0v) is 12.1. The van der Waals surface area contributed by atoms with Crippen LogP contribution in [0.3, 0.4) is 0 Å². The van der Waals surface area contributed by atoms with Crippen molar-refractivity contribution in [2.45, 2.75) is 13.0 Å². The van der Waals surface area contributed by atoms with Crippen LogP contribution < -0.4 is 11.3 Å². The highest BCUT2D eigenvalue weighted by molar-refractivity contribution is 5.91. The van der Waals surface area contributed by atoms with Gasteiger partial charge in [-0.05, 0) is 19.0 Å². The first kappa shape index (κ1) is 15.1. The van der Waals surface area contributed by atoms with Gasteiger partial charge in [-0.1, -0.05) is 35.5 Å². The van der Waals surface area contributed by atoms with E-state index in [1.165, 1.54) is 5.56 Å². The number of benzene rings is 1. The predicted octanol–water partition coefficient (Wildman–Crippen LogP) is 0.0561. The maximum atomic E-state index is 11.3. The molecule has 0 aliphatic carbocycles. The molecular weight excluding hydrogens is 268 g/mol. The molecule has 3 N–H and O–H groups in total. The van der Waals surface area contributed by atoms with Crippen molar-refractivity contribution in [2.75, 3.05) is 20.1 Å². The number of hydrogen-bond acceptors (Lipinski definition) is 5. The van der Waals surface area contributed by atoms with Crippen molar-refractivity contribution in [1.82, 2.24) is 25.3 Å². The van der Waals surface area contributed by atoms with Crippen LogP contribution in [0.5, 0.6) is 0 Å². The summed E-state index contributed by atoms with van der Waals surface area (Å²) in [5, 5.41) is 7.66. The third-order valence-electron chi connectivity index (χ3n) is 3.24. The third-order valence-corrected chi connectivity index (χ3v) is 3.24. The van der Waals surface area contributed by atoms with Gasteiger partial charge in [0.25, 0.3) is 5.91 Å². The molecule has 0 unspecified atom stereocenters. The number of hydrazine groups is 1. The molecule has 21 heavy (non-hydrogen) atoms. The van der Waals surface area contributed by atoms with E-state index >= 15 is 0 Å². The summed E-state index contributed by atoms with van der Waals surface area (Å²) >= 11 is 0. The summed E-state index contributed by atoms with van der Waals surface area (Å²) < 4.78 is 1.64. The number of nitrogens with zero attached hydrogens (tertiary/aromatic N) is 4. The lowest BCUT2D eigenvalue weighted by Crippen LogP contribution is -2.30. The molecule has 0 saturated heterocycles. The lowest BCUT2D eigenvalue weighted by Gasteiger charge is -2.16. The van der Waals surface area contributed by atoms with Gasteiger partial charge in [0.1, 0.15) is 0 Å². The average molecular weight is 288 g/mol. The van der Waals surface area contributed by atoms with Crippen molar-refractivity contribution < 1.29 is 4.79 Å². The lowest BCUT2D eigenvalue weighted by atomic mass is 10.1. The van der Waals surface area contributed by atoms with Gasteiger partial charge >= 0.3 is 0 Å². The average Bonchev–Trinajstić information content (AvgIpc) is 3.00. The summed E-state index contributed by atoms with van der Waals surface area (Å²) in [5.41, 5.74) is 3.59. The van der Waals surface area contributed by atoms with Gasteiger partial charge in [0.05, 0.1) is 12.7 Å². The Kier molecular flexibility index (Phi) is 5.42. The summed E-state index contributed by atoms with van der Waals surface area (Å²) in [5.74, 6) is 4.61. The number of carbonyl (C=O) groups excluding carboxylic acids is 1. The molecule has 2 aromatic rings. The van der Waals surface area contributed by atoms with Crippen LogP contribution in [0.15, 0.2) is 36.5 Å². The Hall–Kier alpha value is -2.25. The minimum atomic E-state index is -0.432. The molecule has 1 aromatic heterocycles. The summed E-state index contributed by atoms with van der Waals surface area (Å²) in [6.45, 7) is 2.48. The number of amides is 1. The van der Waals surface area contributed by atoms with Crippen LogP contribution in [-0.4, -0.2) is 45.9 Å². The number of aromatic nitrogens is 3. The fraction of sp³-hybridized carbons (Fsp3) is 0.357. The van der Waals surface area contributed by atoms with Gasteiger partial charge in [-0.2, -0.15) is 0 Å². The van der Waals surface area contributed by atoms with Gasteiger partial charge in [0, 0.05) is 13.1 Å². The summed E-state index contributed by atoms with van der Waals surface area (Å²) in [6, 6.07) is 10.4. The smallest absolute Gasteiger partial charge is 0.287 e. The SMILES string of the molecule is CN(CCc1ccccc1)CCn1cc(C(=O)NN)nn1. The van der Waals surface area contributed by atoms with Crippen LogP contribution in [0.2, 0.25) is 0 Å². The largest absolute Gasteiger partial charge is 0.304 e. The molecule has 0 radical (unpaired) electrons. The molecule has 1 heterocycles. The maximum Gasteiger partial charge on any atom is 0.287 e. The number of carbonyl (C=O) groups is 1. The number of rotatable bonds is 7. The topological polar surface area (TPSA) is 89.1 Å². The van der Waals surface area contributed by atoms with Crippen molar-refractivity contribution in [1.29, 1.82) is 0 Å². The number of likely N-dealkylation sites (N-methyl/N-ethyl adjacent to an activating group) is 1. The second kappa shape index (κ2) is 7.51. The molecule has 2 rings (SSSR count). The van der Waals surface area contributed by atoms with Gasteiger partial charge in [0.2, 0.25) is 0 Å². The van der Waals surface area contributed by atoms with E-state index in [-0.39, 0.29) is 5.69 Å². The predicted molar refractivity (Wildman–Crippen MR) is 79.3 cm³/mol. The van der Waals surface area contributed by atoms with Crippen LogP contribution in [0.25, 0.3) is 0 Å². The molecule has 7 nitrogen and oxygen atoms in total. The van der Waals surface area contributed by atoms with E-state index in [1.54, 1.807) is 10.9 Å². The van der Waals surface area contributed by atoms with Crippen molar-refractivity contribution in [2.24, 2.45) is 5.84 Å². The first-order valence-electron chi connectivity index (χ1n) is 6.82.